The van der Waals surface area contributed by atoms with E-state index in [0.29, 0.717) is 11.1 Å². The number of nitrogens with one attached hydrogen (secondary N) is 2. The van der Waals surface area contributed by atoms with Gasteiger partial charge in [0.25, 0.3) is 5.91 Å². The highest BCUT2D eigenvalue weighted by Crippen LogP contribution is 2.45. The third-order valence-electron chi connectivity index (χ3n) is 6.74. The van der Waals surface area contributed by atoms with Gasteiger partial charge in [0.2, 0.25) is 0 Å². The predicted molar refractivity (Wildman–Crippen MR) is 153 cm³/mol. The molecule has 6 nitrogen and oxygen atoms in total. The van der Waals surface area contributed by atoms with Gasteiger partial charge in [-0.3, -0.25) is 9.59 Å². The summed E-state index contributed by atoms with van der Waals surface area (Å²) >= 11 is 0. The standard InChI is InChI=1S/C31H36N2O4S/c1-30(2,3)33-29(35)21-12-10-20(11-13-21)22-8-7-9-24(16-22)28-31(4,5)18-25-17-23(14-15-26(25)32-28)27(34)19-38(6,36)37/h7-17,28,32H,18-19H2,1-6H3,(H,33,35). The molecule has 0 aromatic heterocycles. The smallest absolute Gasteiger partial charge is 0.251 e. The Morgan fingerprint density at radius 2 is 1.61 bits per heavy atom. The van der Waals surface area contributed by atoms with Crippen LogP contribution in [0.3, 0.4) is 0 Å². The van der Waals surface area contributed by atoms with Crippen molar-refractivity contribution in [3.63, 3.8) is 0 Å². The van der Waals surface area contributed by atoms with E-state index < -0.39 is 15.6 Å². The summed E-state index contributed by atoms with van der Waals surface area (Å²) in [4.78, 5) is 25.0. The zero-order chi connectivity index (χ0) is 27.9. The first-order valence-corrected chi connectivity index (χ1v) is 14.8. The number of hydrogen-bond acceptors (Lipinski definition) is 5. The molecule has 3 aromatic carbocycles. The van der Waals surface area contributed by atoms with E-state index in [1.54, 1.807) is 6.07 Å². The third kappa shape index (κ3) is 6.51. The fourth-order valence-electron chi connectivity index (χ4n) is 4.98. The van der Waals surface area contributed by atoms with E-state index in [1.165, 1.54) is 0 Å². The first kappa shape index (κ1) is 27.6. The summed E-state index contributed by atoms with van der Waals surface area (Å²) in [6, 6.07) is 21.5. The SMILES string of the molecule is CC(C)(C)NC(=O)c1ccc(-c2cccc(C3Nc4ccc(C(=O)CS(C)(=O)=O)cc4CC3(C)C)c2)cc1. The van der Waals surface area contributed by atoms with Crippen molar-refractivity contribution in [3.8, 4) is 11.1 Å². The first-order chi connectivity index (χ1) is 17.6. The minimum atomic E-state index is -3.39. The average molecular weight is 533 g/mol. The van der Waals surface area contributed by atoms with E-state index in [1.807, 2.05) is 63.2 Å². The van der Waals surface area contributed by atoms with Crippen LogP contribution in [0.5, 0.6) is 0 Å². The lowest BCUT2D eigenvalue weighted by Gasteiger charge is -2.41. The number of amides is 1. The molecule has 2 N–H and O–H groups in total. The molecular formula is C31H36N2O4S. The summed E-state index contributed by atoms with van der Waals surface area (Å²) < 4.78 is 23.2. The maximum absolute atomic E-state index is 12.5. The molecular weight excluding hydrogens is 496 g/mol. The molecule has 1 atom stereocenters. The van der Waals surface area contributed by atoms with Gasteiger partial charge in [-0.25, -0.2) is 8.42 Å². The monoisotopic (exact) mass is 532 g/mol. The summed E-state index contributed by atoms with van der Waals surface area (Å²) in [6.45, 7) is 10.3. The van der Waals surface area contributed by atoms with Gasteiger partial charge in [0.1, 0.15) is 5.75 Å². The highest BCUT2D eigenvalue weighted by molar-refractivity contribution is 7.91. The van der Waals surface area contributed by atoms with Crippen LogP contribution >= 0.6 is 0 Å². The molecule has 1 unspecified atom stereocenters. The number of ketones is 1. The summed E-state index contributed by atoms with van der Waals surface area (Å²) in [5.41, 5.74) is 5.78. The Balaban J connectivity index is 1.57. The van der Waals surface area contributed by atoms with Crippen LogP contribution in [0, 0.1) is 5.41 Å². The molecule has 1 aliphatic rings. The Bertz CT molecular complexity index is 1480. The molecule has 0 saturated heterocycles. The molecule has 1 heterocycles. The molecule has 7 heteroatoms. The van der Waals surface area contributed by atoms with Crippen LogP contribution < -0.4 is 10.6 Å². The maximum atomic E-state index is 12.5. The number of carbonyl (C=O) groups is 2. The number of carbonyl (C=O) groups excluding carboxylic acids is 2. The lowest BCUT2D eigenvalue weighted by molar-refractivity contribution is 0.0918. The van der Waals surface area contributed by atoms with Gasteiger partial charge in [-0.2, -0.15) is 0 Å². The number of benzene rings is 3. The minimum absolute atomic E-state index is 0.0318. The third-order valence-corrected chi connectivity index (χ3v) is 7.52. The fourth-order valence-corrected chi connectivity index (χ4v) is 5.62. The van der Waals surface area contributed by atoms with Crippen molar-refractivity contribution in [2.24, 2.45) is 5.41 Å². The van der Waals surface area contributed by atoms with Crippen LogP contribution in [0.15, 0.2) is 66.7 Å². The molecule has 38 heavy (non-hydrogen) atoms. The van der Waals surface area contributed by atoms with E-state index in [4.69, 9.17) is 0 Å². The van der Waals surface area contributed by atoms with Crippen LogP contribution in [-0.2, 0) is 16.3 Å². The van der Waals surface area contributed by atoms with E-state index in [2.05, 4.69) is 42.7 Å². The van der Waals surface area contributed by atoms with Gasteiger partial charge in [0.15, 0.2) is 15.6 Å². The Morgan fingerprint density at radius 1 is 0.947 bits per heavy atom. The predicted octanol–water partition coefficient (Wildman–Crippen LogP) is 5.84. The quantitative estimate of drug-likeness (QED) is 0.389. The second-order valence-corrected chi connectivity index (χ2v) is 14.2. The molecule has 0 saturated carbocycles. The first-order valence-electron chi connectivity index (χ1n) is 12.7. The fraction of sp³-hybridized carbons (Fsp3) is 0.355. The Hall–Kier alpha value is -3.45. The van der Waals surface area contributed by atoms with Gasteiger partial charge in [-0.1, -0.05) is 44.2 Å². The molecule has 0 aliphatic carbocycles. The van der Waals surface area contributed by atoms with Crippen molar-refractivity contribution in [3.05, 3.63) is 89.0 Å². The Labute approximate surface area is 225 Å². The van der Waals surface area contributed by atoms with Gasteiger partial charge in [0.05, 0.1) is 6.04 Å². The average Bonchev–Trinajstić information content (AvgIpc) is 2.80. The van der Waals surface area contributed by atoms with Crippen molar-refractivity contribution in [1.82, 2.24) is 5.32 Å². The van der Waals surface area contributed by atoms with E-state index in [9.17, 15) is 18.0 Å². The van der Waals surface area contributed by atoms with Crippen molar-refractivity contribution < 1.29 is 18.0 Å². The largest absolute Gasteiger partial charge is 0.377 e. The summed E-state index contributed by atoms with van der Waals surface area (Å²) in [5, 5.41) is 6.65. The molecule has 0 fully saturated rings. The van der Waals surface area contributed by atoms with Crippen LogP contribution in [-0.4, -0.2) is 37.7 Å². The number of hydrogen-bond donors (Lipinski definition) is 2. The number of anilines is 1. The van der Waals surface area contributed by atoms with Crippen molar-refractivity contribution in [1.29, 1.82) is 0 Å². The molecule has 1 aliphatic heterocycles. The van der Waals surface area contributed by atoms with Gasteiger partial charge in [-0.05, 0) is 91.3 Å². The summed E-state index contributed by atoms with van der Waals surface area (Å²) in [6.07, 6.45) is 1.81. The highest BCUT2D eigenvalue weighted by atomic mass is 32.2. The van der Waals surface area contributed by atoms with Crippen molar-refractivity contribution >= 4 is 27.2 Å². The van der Waals surface area contributed by atoms with E-state index in [0.717, 1.165) is 40.6 Å². The van der Waals surface area contributed by atoms with E-state index in [-0.39, 0.29) is 28.7 Å². The lowest BCUT2D eigenvalue weighted by atomic mass is 9.72. The van der Waals surface area contributed by atoms with Gasteiger partial charge in [0, 0.05) is 28.6 Å². The Kier molecular flexibility index (Phi) is 7.28. The molecule has 1 amide bonds. The molecule has 0 spiro atoms. The number of sulfone groups is 1. The van der Waals surface area contributed by atoms with Crippen molar-refractivity contribution in [2.45, 2.75) is 52.6 Å². The molecule has 4 rings (SSSR count). The van der Waals surface area contributed by atoms with Gasteiger partial charge >= 0.3 is 0 Å². The summed E-state index contributed by atoms with van der Waals surface area (Å²) in [7, 11) is -3.39. The molecule has 0 radical (unpaired) electrons. The summed E-state index contributed by atoms with van der Waals surface area (Å²) in [5.74, 6) is -0.962. The van der Waals surface area contributed by atoms with Gasteiger partial charge in [-0.15, -0.1) is 0 Å². The number of Topliss-reactive ketones (excluding diaryl/α,β-unsaturated/α-hetero) is 1. The zero-order valence-corrected chi connectivity index (χ0v) is 23.7. The minimum Gasteiger partial charge on any atom is -0.377 e. The lowest BCUT2D eigenvalue weighted by Crippen LogP contribution is -2.40. The molecule has 3 aromatic rings. The number of fused-ring (bicyclic) bond motifs is 1. The van der Waals surface area contributed by atoms with Crippen LogP contribution in [0.1, 0.15) is 72.5 Å². The molecule has 0 bridgehead atoms. The van der Waals surface area contributed by atoms with Crippen LogP contribution in [0.4, 0.5) is 5.69 Å². The topological polar surface area (TPSA) is 92.3 Å². The highest BCUT2D eigenvalue weighted by Gasteiger charge is 2.36. The van der Waals surface area contributed by atoms with E-state index >= 15 is 0 Å². The van der Waals surface area contributed by atoms with Crippen LogP contribution in [0.2, 0.25) is 0 Å². The van der Waals surface area contributed by atoms with Gasteiger partial charge < -0.3 is 10.6 Å². The maximum Gasteiger partial charge on any atom is 0.251 e. The van der Waals surface area contributed by atoms with Crippen molar-refractivity contribution in [2.75, 3.05) is 17.3 Å². The zero-order valence-electron chi connectivity index (χ0n) is 22.9. The second-order valence-electron chi connectivity index (χ2n) is 12.0. The molecule has 200 valence electrons. The normalized spacial score (nSPS) is 16.7. The number of rotatable bonds is 6. The van der Waals surface area contributed by atoms with Crippen LogP contribution in [0.25, 0.3) is 11.1 Å². The Morgan fingerprint density at radius 3 is 2.24 bits per heavy atom. The second kappa shape index (κ2) is 10.0.